The van der Waals surface area contributed by atoms with Crippen LogP contribution in [0.3, 0.4) is 0 Å². The molecule has 0 fully saturated rings. The minimum absolute atomic E-state index is 0.0863. The first-order valence-electron chi connectivity index (χ1n) is 6.74. The first-order chi connectivity index (χ1) is 11.1. The van der Waals surface area contributed by atoms with E-state index in [1.165, 1.54) is 40.3 Å². The molecule has 1 atom stereocenters. The quantitative estimate of drug-likeness (QED) is 0.678. The Labute approximate surface area is 140 Å². The number of amides is 1. The SMILES string of the molecule is COC(=O)c1c(OC)ccc(S(=O)(=O)N(C)[C@H](C)C(N)=O)c1OC. The number of carbonyl (C=O) groups is 2. The Hall–Kier alpha value is -2.33. The highest BCUT2D eigenvalue weighted by atomic mass is 32.2. The molecule has 0 spiro atoms. The Kier molecular flexibility index (Phi) is 6.16. The Balaban J connectivity index is 3.65. The highest BCUT2D eigenvalue weighted by molar-refractivity contribution is 7.89. The molecule has 0 saturated carbocycles. The van der Waals surface area contributed by atoms with Gasteiger partial charge in [-0.15, -0.1) is 0 Å². The van der Waals surface area contributed by atoms with Crippen LogP contribution in [0.2, 0.25) is 0 Å². The molecule has 1 rings (SSSR count). The van der Waals surface area contributed by atoms with E-state index in [9.17, 15) is 18.0 Å². The third kappa shape index (κ3) is 3.44. The first-order valence-corrected chi connectivity index (χ1v) is 8.18. The Bertz CT molecular complexity index is 746. The van der Waals surface area contributed by atoms with Gasteiger partial charge in [-0.25, -0.2) is 13.2 Å². The van der Waals surface area contributed by atoms with E-state index in [0.29, 0.717) is 0 Å². The van der Waals surface area contributed by atoms with Gasteiger partial charge in [0.1, 0.15) is 22.3 Å². The smallest absolute Gasteiger partial charge is 0.345 e. The summed E-state index contributed by atoms with van der Waals surface area (Å²) in [5.41, 5.74) is 4.98. The predicted octanol–water partition coefficient (Wildman–Crippen LogP) is -0.0153. The lowest BCUT2D eigenvalue weighted by Crippen LogP contribution is -2.43. The van der Waals surface area contributed by atoms with Crippen molar-refractivity contribution in [1.82, 2.24) is 4.31 Å². The molecule has 10 heteroatoms. The number of primary amides is 1. The zero-order valence-electron chi connectivity index (χ0n) is 14.0. The Morgan fingerprint density at radius 2 is 1.75 bits per heavy atom. The maximum atomic E-state index is 12.8. The minimum atomic E-state index is -4.17. The fraction of sp³-hybridized carbons (Fsp3) is 0.429. The number of likely N-dealkylation sites (N-methyl/N-ethyl adjacent to an activating group) is 1. The molecular weight excluding hydrogens is 340 g/mol. The van der Waals surface area contributed by atoms with Gasteiger partial charge in [-0.2, -0.15) is 4.31 Å². The van der Waals surface area contributed by atoms with Crippen molar-refractivity contribution in [1.29, 1.82) is 0 Å². The molecular formula is C14H20N2O7S. The van der Waals surface area contributed by atoms with Crippen LogP contribution in [0.1, 0.15) is 17.3 Å². The van der Waals surface area contributed by atoms with Gasteiger partial charge in [0.2, 0.25) is 15.9 Å². The number of nitrogens with zero attached hydrogens (tertiary/aromatic N) is 1. The van der Waals surface area contributed by atoms with Gasteiger partial charge in [-0.05, 0) is 19.1 Å². The topological polar surface area (TPSA) is 125 Å². The summed E-state index contributed by atoms with van der Waals surface area (Å²) in [6.45, 7) is 1.34. The summed E-state index contributed by atoms with van der Waals surface area (Å²) in [6, 6.07) is 1.41. The average molecular weight is 360 g/mol. The summed E-state index contributed by atoms with van der Waals surface area (Å²) < 4.78 is 41.2. The van der Waals surface area contributed by atoms with Crippen LogP contribution in [-0.2, 0) is 19.6 Å². The van der Waals surface area contributed by atoms with Crippen LogP contribution in [0, 0.1) is 0 Å². The molecule has 0 saturated heterocycles. The van der Waals surface area contributed by atoms with Gasteiger partial charge in [-0.3, -0.25) is 4.79 Å². The second kappa shape index (κ2) is 7.49. The van der Waals surface area contributed by atoms with Crippen molar-refractivity contribution in [2.24, 2.45) is 5.73 Å². The molecule has 0 radical (unpaired) electrons. The normalized spacial score (nSPS) is 12.6. The summed E-state index contributed by atoms with van der Waals surface area (Å²) in [4.78, 5) is 23.0. The van der Waals surface area contributed by atoms with Crippen molar-refractivity contribution in [3.05, 3.63) is 17.7 Å². The number of rotatable bonds is 7. The van der Waals surface area contributed by atoms with E-state index < -0.39 is 27.9 Å². The monoisotopic (exact) mass is 360 g/mol. The van der Waals surface area contributed by atoms with Crippen LogP contribution in [0.5, 0.6) is 11.5 Å². The lowest BCUT2D eigenvalue weighted by Gasteiger charge is -2.23. The van der Waals surface area contributed by atoms with Crippen molar-refractivity contribution in [2.45, 2.75) is 17.9 Å². The largest absolute Gasteiger partial charge is 0.496 e. The average Bonchev–Trinajstić information content (AvgIpc) is 2.57. The van der Waals surface area contributed by atoms with Crippen LogP contribution in [0.15, 0.2) is 17.0 Å². The molecule has 0 heterocycles. The van der Waals surface area contributed by atoms with Crippen LogP contribution in [0.4, 0.5) is 0 Å². The van der Waals surface area contributed by atoms with Gasteiger partial charge in [0.05, 0.1) is 21.3 Å². The van der Waals surface area contributed by atoms with E-state index in [-0.39, 0.29) is 22.0 Å². The van der Waals surface area contributed by atoms with Gasteiger partial charge < -0.3 is 19.9 Å². The summed E-state index contributed by atoms with van der Waals surface area (Å²) in [5.74, 6) is -1.80. The fourth-order valence-electron chi connectivity index (χ4n) is 1.96. The van der Waals surface area contributed by atoms with Gasteiger partial charge in [0.15, 0.2) is 5.75 Å². The molecule has 134 valence electrons. The highest BCUT2D eigenvalue weighted by Gasteiger charge is 2.34. The third-order valence-corrected chi connectivity index (χ3v) is 5.46. The number of esters is 1. The number of carbonyl (C=O) groups excluding carboxylic acids is 2. The number of methoxy groups -OCH3 is 3. The molecule has 1 aromatic carbocycles. The summed E-state index contributed by atoms with van der Waals surface area (Å²) >= 11 is 0. The van der Waals surface area contributed by atoms with Crippen LogP contribution in [-0.4, -0.2) is 59.0 Å². The van der Waals surface area contributed by atoms with Crippen molar-refractivity contribution in [3.8, 4) is 11.5 Å². The molecule has 0 aliphatic carbocycles. The number of ether oxygens (including phenoxy) is 3. The van der Waals surface area contributed by atoms with Crippen LogP contribution >= 0.6 is 0 Å². The van der Waals surface area contributed by atoms with Gasteiger partial charge >= 0.3 is 5.97 Å². The van der Waals surface area contributed by atoms with E-state index in [0.717, 1.165) is 11.4 Å². The fourth-order valence-corrected chi connectivity index (χ4v) is 3.45. The molecule has 0 unspecified atom stereocenters. The molecule has 24 heavy (non-hydrogen) atoms. The highest BCUT2D eigenvalue weighted by Crippen LogP contribution is 2.36. The second-order valence-corrected chi connectivity index (χ2v) is 6.73. The number of hydrogen-bond donors (Lipinski definition) is 1. The summed E-state index contributed by atoms with van der Waals surface area (Å²) in [5, 5.41) is 0. The molecule has 0 bridgehead atoms. The zero-order chi connectivity index (χ0) is 18.7. The zero-order valence-corrected chi connectivity index (χ0v) is 14.8. The van der Waals surface area contributed by atoms with Gasteiger partial charge in [-0.1, -0.05) is 0 Å². The first kappa shape index (κ1) is 19.7. The van der Waals surface area contributed by atoms with Crippen molar-refractivity contribution >= 4 is 21.9 Å². The van der Waals surface area contributed by atoms with Crippen molar-refractivity contribution in [2.75, 3.05) is 28.4 Å². The Morgan fingerprint density at radius 1 is 1.17 bits per heavy atom. The van der Waals surface area contributed by atoms with E-state index >= 15 is 0 Å². The molecule has 2 N–H and O–H groups in total. The van der Waals surface area contributed by atoms with E-state index in [1.807, 2.05) is 0 Å². The molecule has 0 aliphatic rings. The minimum Gasteiger partial charge on any atom is -0.496 e. The molecule has 1 amide bonds. The molecule has 9 nitrogen and oxygen atoms in total. The summed E-state index contributed by atoms with van der Waals surface area (Å²) in [6.07, 6.45) is 0. The van der Waals surface area contributed by atoms with Gasteiger partial charge in [0.25, 0.3) is 0 Å². The van der Waals surface area contributed by atoms with Crippen molar-refractivity contribution in [3.63, 3.8) is 0 Å². The lowest BCUT2D eigenvalue weighted by molar-refractivity contribution is -0.120. The lowest BCUT2D eigenvalue weighted by atomic mass is 10.1. The summed E-state index contributed by atoms with van der Waals surface area (Å²) in [7, 11) is 0.694. The van der Waals surface area contributed by atoms with Crippen molar-refractivity contribution < 1.29 is 32.2 Å². The second-order valence-electron chi connectivity index (χ2n) is 4.77. The van der Waals surface area contributed by atoms with E-state index in [2.05, 4.69) is 4.74 Å². The van der Waals surface area contributed by atoms with Gasteiger partial charge in [0, 0.05) is 7.05 Å². The van der Waals surface area contributed by atoms with Crippen LogP contribution < -0.4 is 15.2 Å². The maximum Gasteiger partial charge on any atom is 0.345 e. The number of benzene rings is 1. The van der Waals surface area contributed by atoms with Crippen LogP contribution in [0.25, 0.3) is 0 Å². The number of hydrogen-bond acceptors (Lipinski definition) is 7. The number of sulfonamides is 1. The standard InChI is InChI=1S/C14H20N2O7S/c1-8(13(15)17)16(2)24(19,20)10-7-6-9(21-3)11(12(10)22-4)14(18)23-5/h6-8H,1-5H3,(H2,15,17)/t8-/m1/s1. The third-order valence-electron chi connectivity index (χ3n) is 3.51. The predicted molar refractivity (Wildman–Crippen MR) is 84.5 cm³/mol. The Morgan fingerprint density at radius 3 is 2.17 bits per heavy atom. The maximum absolute atomic E-state index is 12.8. The molecule has 0 aromatic heterocycles. The molecule has 0 aliphatic heterocycles. The van der Waals surface area contributed by atoms with E-state index in [1.54, 1.807) is 0 Å². The van der Waals surface area contributed by atoms with E-state index in [4.69, 9.17) is 15.2 Å². The molecule has 1 aromatic rings. The number of nitrogens with two attached hydrogens (primary N) is 1.